The van der Waals surface area contributed by atoms with Gasteiger partial charge in [0.1, 0.15) is 11.7 Å². The van der Waals surface area contributed by atoms with E-state index in [4.69, 9.17) is 4.98 Å². The zero-order valence-electron chi connectivity index (χ0n) is 16.6. The molecule has 0 bridgehead atoms. The molecule has 1 fully saturated rings. The van der Waals surface area contributed by atoms with Crippen molar-refractivity contribution in [2.45, 2.75) is 70.0 Å². The van der Waals surface area contributed by atoms with Gasteiger partial charge in [-0.25, -0.2) is 4.79 Å². The molecule has 7 nitrogen and oxygen atoms in total. The molecule has 28 heavy (non-hydrogen) atoms. The van der Waals surface area contributed by atoms with E-state index in [9.17, 15) is 19.8 Å². The molecule has 2 aliphatic rings. The van der Waals surface area contributed by atoms with Crippen LogP contribution in [0.2, 0.25) is 0 Å². The third-order valence-electron chi connectivity index (χ3n) is 5.93. The largest absolute Gasteiger partial charge is 0.387 e. The SMILES string of the molecule is CC(=O)C(O)C1(O)CCN(C(=O)NCCCc2ccc3c(n2)CCCC3)CC1. The number of rotatable bonds is 6. The van der Waals surface area contributed by atoms with Crippen molar-refractivity contribution in [3.8, 4) is 0 Å². The number of amides is 2. The molecule has 0 saturated carbocycles. The second kappa shape index (κ2) is 9.01. The van der Waals surface area contributed by atoms with E-state index in [-0.39, 0.29) is 18.9 Å². The third-order valence-corrected chi connectivity index (χ3v) is 5.93. The van der Waals surface area contributed by atoms with Gasteiger partial charge < -0.3 is 20.4 Å². The van der Waals surface area contributed by atoms with Gasteiger partial charge in [-0.2, -0.15) is 0 Å². The van der Waals surface area contributed by atoms with Crippen LogP contribution in [-0.2, 0) is 24.1 Å². The van der Waals surface area contributed by atoms with Gasteiger partial charge in [-0.15, -0.1) is 0 Å². The zero-order chi connectivity index (χ0) is 20.1. The van der Waals surface area contributed by atoms with Crippen LogP contribution in [0.5, 0.6) is 0 Å². The summed E-state index contributed by atoms with van der Waals surface area (Å²) in [6.07, 6.45) is 5.32. The average Bonchev–Trinajstić information content (AvgIpc) is 2.70. The van der Waals surface area contributed by atoms with Crippen LogP contribution in [0.1, 0.15) is 56.0 Å². The van der Waals surface area contributed by atoms with Crippen LogP contribution in [0.15, 0.2) is 12.1 Å². The number of fused-ring (bicyclic) bond motifs is 1. The third kappa shape index (κ3) is 4.89. The van der Waals surface area contributed by atoms with Gasteiger partial charge in [0, 0.05) is 31.0 Å². The van der Waals surface area contributed by atoms with Crippen LogP contribution in [0.4, 0.5) is 4.79 Å². The number of pyridine rings is 1. The fourth-order valence-electron chi connectivity index (χ4n) is 4.09. The van der Waals surface area contributed by atoms with Crippen LogP contribution < -0.4 is 5.32 Å². The molecular weight excluding hydrogens is 358 g/mol. The van der Waals surface area contributed by atoms with Gasteiger partial charge in [0.2, 0.25) is 0 Å². The van der Waals surface area contributed by atoms with E-state index in [0.717, 1.165) is 31.4 Å². The predicted molar refractivity (Wildman–Crippen MR) is 105 cm³/mol. The average molecular weight is 389 g/mol. The summed E-state index contributed by atoms with van der Waals surface area (Å²) in [4.78, 5) is 30.0. The Morgan fingerprint density at radius 3 is 2.68 bits per heavy atom. The summed E-state index contributed by atoms with van der Waals surface area (Å²) in [5, 5.41) is 23.2. The lowest BCUT2D eigenvalue weighted by Crippen LogP contribution is -2.56. The Kier molecular flexibility index (Phi) is 6.67. The highest BCUT2D eigenvalue weighted by atomic mass is 16.3. The molecule has 2 amide bonds. The van der Waals surface area contributed by atoms with Crippen LogP contribution in [-0.4, -0.2) is 63.3 Å². The maximum absolute atomic E-state index is 12.3. The standard InChI is InChI=1S/C21H31N3O4/c1-15(25)19(26)21(28)10-13-24(14-11-21)20(27)22-12-4-6-17-9-8-16-5-2-3-7-18(16)23-17/h8-9,19,26,28H,2-7,10-14H2,1H3,(H,22,27). The molecule has 1 aliphatic carbocycles. The summed E-state index contributed by atoms with van der Waals surface area (Å²) < 4.78 is 0. The van der Waals surface area contributed by atoms with Gasteiger partial charge in [0.05, 0.1) is 0 Å². The first-order valence-electron chi connectivity index (χ1n) is 10.3. The maximum Gasteiger partial charge on any atom is 0.317 e. The van der Waals surface area contributed by atoms with E-state index < -0.39 is 17.5 Å². The second-order valence-corrected chi connectivity index (χ2v) is 8.05. The first-order valence-corrected chi connectivity index (χ1v) is 10.3. The van der Waals surface area contributed by atoms with Gasteiger partial charge in [-0.1, -0.05) is 6.07 Å². The summed E-state index contributed by atoms with van der Waals surface area (Å²) in [6.45, 7) is 2.46. The van der Waals surface area contributed by atoms with Crippen molar-refractivity contribution in [1.29, 1.82) is 0 Å². The summed E-state index contributed by atoms with van der Waals surface area (Å²) in [7, 11) is 0. The molecule has 3 N–H and O–H groups in total. The first-order chi connectivity index (χ1) is 13.4. The quantitative estimate of drug-likeness (QED) is 0.638. The number of ketones is 1. The molecule has 1 atom stereocenters. The summed E-state index contributed by atoms with van der Waals surface area (Å²) in [6, 6.07) is 4.12. The highest BCUT2D eigenvalue weighted by molar-refractivity contribution is 5.81. The molecule has 154 valence electrons. The number of aromatic nitrogens is 1. The number of aliphatic hydroxyl groups is 2. The molecule has 1 saturated heterocycles. The molecule has 1 aliphatic heterocycles. The number of carbonyl (C=O) groups excluding carboxylic acids is 2. The van der Waals surface area contributed by atoms with Crippen molar-refractivity contribution in [3.63, 3.8) is 0 Å². The Labute approximate surface area is 166 Å². The predicted octanol–water partition coefficient (Wildman–Crippen LogP) is 1.38. The number of likely N-dealkylation sites (tertiary alicyclic amines) is 1. The van der Waals surface area contributed by atoms with Gasteiger partial charge >= 0.3 is 6.03 Å². The van der Waals surface area contributed by atoms with Gasteiger partial charge in [0.15, 0.2) is 5.78 Å². The molecule has 0 spiro atoms. The molecule has 7 heteroatoms. The first kappa shape index (κ1) is 20.7. The fourth-order valence-corrected chi connectivity index (χ4v) is 4.09. The van der Waals surface area contributed by atoms with E-state index >= 15 is 0 Å². The highest BCUT2D eigenvalue weighted by Gasteiger charge is 2.42. The van der Waals surface area contributed by atoms with Crippen LogP contribution in [0, 0.1) is 0 Å². The number of nitrogens with zero attached hydrogens (tertiary/aromatic N) is 2. The van der Waals surface area contributed by atoms with Crippen molar-refractivity contribution in [2.75, 3.05) is 19.6 Å². The van der Waals surface area contributed by atoms with Crippen LogP contribution >= 0.6 is 0 Å². The number of urea groups is 1. The lowest BCUT2D eigenvalue weighted by molar-refractivity contribution is -0.147. The number of Topliss-reactive ketones (excluding diaryl/α,β-unsaturated/α-hetero) is 1. The lowest BCUT2D eigenvalue weighted by atomic mass is 9.84. The number of carbonyl (C=O) groups is 2. The minimum Gasteiger partial charge on any atom is -0.387 e. The zero-order valence-corrected chi connectivity index (χ0v) is 16.6. The van der Waals surface area contributed by atoms with Gasteiger partial charge in [-0.3, -0.25) is 9.78 Å². The van der Waals surface area contributed by atoms with Crippen LogP contribution in [0.25, 0.3) is 0 Å². The van der Waals surface area contributed by atoms with E-state index in [2.05, 4.69) is 17.4 Å². The maximum atomic E-state index is 12.3. The number of hydrogen-bond donors (Lipinski definition) is 3. The lowest BCUT2D eigenvalue weighted by Gasteiger charge is -2.40. The molecule has 0 radical (unpaired) electrons. The smallest absolute Gasteiger partial charge is 0.317 e. The summed E-state index contributed by atoms with van der Waals surface area (Å²) >= 11 is 0. The van der Waals surface area contributed by atoms with Gasteiger partial charge in [-0.05, 0) is 69.9 Å². The Balaban J connectivity index is 1.39. The highest BCUT2D eigenvalue weighted by Crippen LogP contribution is 2.26. The van der Waals surface area contributed by atoms with E-state index in [0.29, 0.717) is 19.6 Å². The molecule has 1 aromatic heterocycles. The minimum atomic E-state index is -1.43. The molecule has 1 aromatic rings. The Bertz CT molecular complexity index is 714. The number of hydrogen-bond acceptors (Lipinski definition) is 5. The summed E-state index contributed by atoms with van der Waals surface area (Å²) in [5.41, 5.74) is 2.27. The monoisotopic (exact) mass is 389 g/mol. The number of piperidine rings is 1. The second-order valence-electron chi connectivity index (χ2n) is 8.05. The van der Waals surface area contributed by atoms with E-state index in [1.54, 1.807) is 4.90 Å². The molecule has 1 unspecified atom stereocenters. The Morgan fingerprint density at radius 2 is 1.96 bits per heavy atom. The van der Waals surface area contributed by atoms with Gasteiger partial charge in [0.25, 0.3) is 0 Å². The minimum absolute atomic E-state index is 0.169. The molecular formula is C21H31N3O4. The Morgan fingerprint density at radius 1 is 1.25 bits per heavy atom. The van der Waals surface area contributed by atoms with E-state index in [1.165, 1.54) is 31.0 Å². The van der Waals surface area contributed by atoms with Crippen LogP contribution in [0.3, 0.4) is 0 Å². The Hall–Kier alpha value is -1.99. The van der Waals surface area contributed by atoms with Crippen molar-refractivity contribution in [1.82, 2.24) is 15.2 Å². The number of nitrogens with one attached hydrogen (secondary N) is 1. The number of aliphatic hydroxyl groups excluding tert-OH is 1. The molecule has 0 aromatic carbocycles. The fraction of sp³-hybridized carbons (Fsp3) is 0.667. The topological polar surface area (TPSA) is 103 Å². The molecule has 3 rings (SSSR count). The van der Waals surface area contributed by atoms with E-state index in [1.807, 2.05) is 0 Å². The molecule has 2 heterocycles. The number of aryl methyl sites for hydroxylation is 3. The van der Waals surface area contributed by atoms with Crippen molar-refractivity contribution >= 4 is 11.8 Å². The summed E-state index contributed by atoms with van der Waals surface area (Å²) in [5.74, 6) is -0.448. The van der Waals surface area contributed by atoms with Crippen molar-refractivity contribution in [2.24, 2.45) is 0 Å². The normalized spacial score (nSPS) is 19.6. The van der Waals surface area contributed by atoms with Crippen molar-refractivity contribution in [3.05, 3.63) is 29.1 Å². The van der Waals surface area contributed by atoms with Crippen molar-refractivity contribution < 1.29 is 19.8 Å².